The van der Waals surface area contributed by atoms with Crippen LogP contribution in [0.1, 0.15) is 51.0 Å². The van der Waals surface area contributed by atoms with Gasteiger partial charge in [-0.3, -0.25) is 4.79 Å². The number of ether oxygens (including phenoxy) is 2. The van der Waals surface area contributed by atoms with Gasteiger partial charge in [0.15, 0.2) is 0 Å². The van der Waals surface area contributed by atoms with Crippen molar-refractivity contribution in [2.24, 2.45) is 0 Å². The Balaban J connectivity index is 1.70. The summed E-state index contributed by atoms with van der Waals surface area (Å²) in [7, 11) is 0. The zero-order chi connectivity index (χ0) is 17.2. The average Bonchev–Trinajstić information content (AvgIpc) is 2.61. The van der Waals surface area contributed by atoms with Crippen molar-refractivity contribution in [2.75, 3.05) is 13.2 Å². The van der Waals surface area contributed by atoms with E-state index in [1.807, 2.05) is 0 Å². The van der Waals surface area contributed by atoms with E-state index in [1.54, 1.807) is 18.3 Å². The van der Waals surface area contributed by atoms with Crippen LogP contribution in [0.3, 0.4) is 0 Å². The van der Waals surface area contributed by atoms with E-state index in [-0.39, 0.29) is 24.7 Å². The van der Waals surface area contributed by atoms with Crippen LogP contribution in [0.5, 0.6) is 5.88 Å². The van der Waals surface area contributed by atoms with E-state index in [2.05, 4.69) is 23.3 Å². The molecule has 0 atom stereocenters. The molecular formula is C18H25N3O3. The van der Waals surface area contributed by atoms with Crippen LogP contribution >= 0.6 is 0 Å². The van der Waals surface area contributed by atoms with E-state index >= 15 is 0 Å². The molecule has 0 spiro atoms. The van der Waals surface area contributed by atoms with Gasteiger partial charge in [-0.1, -0.05) is 13.3 Å². The second kappa shape index (κ2) is 9.89. The number of nitriles is 1. The quantitative estimate of drug-likeness (QED) is 0.740. The summed E-state index contributed by atoms with van der Waals surface area (Å²) in [6.45, 7) is 2.86. The number of pyridine rings is 1. The van der Waals surface area contributed by atoms with Gasteiger partial charge in [0.1, 0.15) is 24.3 Å². The lowest BCUT2D eigenvalue weighted by atomic mass is 9.93. The fraction of sp³-hybridized carbons (Fsp3) is 0.611. The van der Waals surface area contributed by atoms with Gasteiger partial charge in [0.2, 0.25) is 11.8 Å². The molecule has 0 radical (unpaired) electrons. The summed E-state index contributed by atoms with van der Waals surface area (Å²) < 4.78 is 11.2. The molecule has 0 aromatic carbocycles. The van der Waals surface area contributed by atoms with Crippen molar-refractivity contribution in [3.05, 3.63) is 23.9 Å². The van der Waals surface area contributed by atoms with Crippen molar-refractivity contribution in [3.8, 4) is 11.9 Å². The summed E-state index contributed by atoms with van der Waals surface area (Å²) in [5, 5.41) is 12.1. The van der Waals surface area contributed by atoms with E-state index < -0.39 is 0 Å². The molecule has 1 amide bonds. The minimum atomic E-state index is -0.0491. The predicted molar refractivity (Wildman–Crippen MR) is 89.5 cm³/mol. The SMILES string of the molecule is CCCCOCC(=O)NC1CCC(Oc2ncccc2C#N)CC1. The number of unbranched alkanes of at least 4 members (excludes halogenated alkanes) is 1. The Morgan fingerprint density at radius 2 is 2.21 bits per heavy atom. The maximum absolute atomic E-state index is 11.8. The molecule has 0 unspecified atom stereocenters. The van der Waals surface area contributed by atoms with Crippen LogP contribution in [0.4, 0.5) is 0 Å². The van der Waals surface area contributed by atoms with Crippen molar-refractivity contribution in [1.82, 2.24) is 10.3 Å². The summed E-state index contributed by atoms with van der Waals surface area (Å²) >= 11 is 0. The highest BCUT2D eigenvalue weighted by atomic mass is 16.5. The fourth-order valence-electron chi connectivity index (χ4n) is 2.73. The highest BCUT2D eigenvalue weighted by molar-refractivity contribution is 5.77. The third-order valence-electron chi connectivity index (χ3n) is 4.08. The largest absolute Gasteiger partial charge is 0.473 e. The van der Waals surface area contributed by atoms with Gasteiger partial charge in [0, 0.05) is 18.8 Å². The first kappa shape index (κ1) is 18.2. The maximum Gasteiger partial charge on any atom is 0.246 e. The van der Waals surface area contributed by atoms with Crippen molar-refractivity contribution < 1.29 is 14.3 Å². The highest BCUT2D eigenvalue weighted by Crippen LogP contribution is 2.24. The Kier molecular flexibility index (Phi) is 7.50. The van der Waals surface area contributed by atoms with Crippen molar-refractivity contribution >= 4 is 5.91 Å². The molecule has 1 aliphatic rings. The lowest BCUT2D eigenvalue weighted by Gasteiger charge is -2.29. The van der Waals surface area contributed by atoms with Crippen LogP contribution in [-0.2, 0) is 9.53 Å². The molecule has 0 bridgehead atoms. The Morgan fingerprint density at radius 3 is 2.92 bits per heavy atom. The number of rotatable bonds is 8. The Bertz CT molecular complexity index is 563. The first-order valence-electron chi connectivity index (χ1n) is 8.61. The third kappa shape index (κ3) is 5.82. The van der Waals surface area contributed by atoms with Gasteiger partial charge in [0.05, 0.1) is 0 Å². The molecule has 1 N–H and O–H groups in total. The Hall–Kier alpha value is -2.13. The monoisotopic (exact) mass is 331 g/mol. The topological polar surface area (TPSA) is 84.2 Å². The van der Waals surface area contributed by atoms with E-state index in [0.29, 0.717) is 18.1 Å². The van der Waals surface area contributed by atoms with Crippen LogP contribution in [-0.4, -0.2) is 36.3 Å². The number of amides is 1. The first-order chi connectivity index (χ1) is 11.7. The first-order valence-corrected chi connectivity index (χ1v) is 8.61. The maximum atomic E-state index is 11.8. The van der Waals surface area contributed by atoms with Crippen LogP contribution in [0.15, 0.2) is 18.3 Å². The second-order valence-electron chi connectivity index (χ2n) is 6.03. The molecule has 130 valence electrons. The smallest absolute Gasteiger partial charge is 0.246 e. The second-order valence-corrected chi connectivity index (χ2v) is 6.03. The van der Waals surface area contributed by atoms with Gasteiger partial charge in [0.25, 0.3) is 0 Å². The van der Waals surface area contributed by atoms with Crippen LogP contribution in [0, 0.1) is 11.3 Å². The molecule has 1 fully saturated rings. The number of hydrogen-bond acceptors (Lipinski definition) is 5. The van der Waals surface area contributed by atoms with E-state index in [9.17, 15) is 4.79 Å². The molecule has 1 aliphatic carbocycles. The van der Waals surface area contributed by atoms with E-state index in [4.69, 9.17) is 14.7 Å². The number of carbonyl (C=O) groups is 1. The number of nitrogens with one attached hydrogen (secondary N) is 1. The lowest BCUT2D eigenvalue weighted by molar-refractivity contribution is -0.126. The molecule has 24 heavy (non-hydrogen) atoms. The summed E-state index contributed by atoms with van der Waals surface area (Å²) in [4.78, 5) is 15.9. The van der Waals surface area contributed by atoms with Crippen molar-refractivity contribution in [2.45, 2.75) is 57.6 Å². The third-order valence-corrected chi connectivity index (χ3v) is 4.08. The van der Waals surface area contributed by atoms with Gasteiger partial charge in [-0.15, -0.1) is 0 Å². The summed E-state index contributed by atoms with van der Waals surface area (Å²) in [5.74, 6) is 0.351. The minimum absolute atomic E-state index is 0.0426. The van der Waals surface area contributed by atoms with Crippen LogP contribution in [0.2, 0.25) is 0 Å². The molecule has 2 rings (SSSR count). The number of hydrogen-bond donors (Lipinski definition) is 1. The molecule has 6 nitrogen and oxygen atoms in total. The van der Waals surface area contributed by atoms with Gasteiger partial charge >= 0.3 is 0 Å². The molecule has 1 aromatic rings. The van der Waals surface area contributed by atoms with Crippen molar-refractivity contribution in [1.29, 1.82) is 5.26 Å². The fourth-order valence-corrected chi connectivity index (χ4v) is 2.73. The van der Waals surface area contributed by atoms with Gasteiger partial charge in [-0.05, 0) is 44.2 Å². The summed E-state index contributed by atoms with van der Waals surface area (Å²) in [6.07, 6.45) is 7.11. The molecule has 1 aromatic heterocycles. The van der Waals surface area contributed by atoms with Crippen LogP contribution in [0.25, 0.3) is 0 Å². The number of aromatic nitrogens is 1. The normalized spacial score (nSPS) is 20.2. The standard InChI is InChI=1S/C18H25N3O3/c1-2-3-11-23-13-17(22)21-15-6-8-16(9-7-15)24-18-14(12-19)5-4-10-20-18/h4-5,10,15-16H,2-3,6-9,11,13H2,1H3,(H,21,22). The Labute approximate surface area is 143 Å². The zero-order valence-electron chi connectivity index (χ0n) is 14.2. The number of carbonyl (C=O) groups excluding carboxylic acids is 1. The minimum Gasteiger partial charge on any atom is -0.473 e. The highest BCUT2D eigenvalue weighted by Gasteiger charge is 2.24. The van der Waals surface area contributed by atoms with Gasteiger partial charge < -0.3 is 14.8 Å². The van der Waals surface area contributed by atoms with E-state index in [0.717, 1.165) is 38.5 Å². The summed E-state index contributed by atoms with van der Waals surface area (Å²) in [6, 6.07) is 5.69. The molecule has 0 aliphatic heterocycles. The average molecular weight is 331 g/mol. The molecule has 6 heteroatoms. The van der Waals surface area contributed by atoms with Gasteiger partial charge in [-0.2, -0.15) is 5.26 Å². The predicted octanol–water partition coefficient (Wildman–Crippen LogP) is 2.58. The summed E-state index contributed by atoms with van der Waals surface area (Å²) in [5.41, 5.74) is 0.456. The molecule has 1 saturated carbocycles. The Morgan fingerprint density at radius 1 is 1.42 bits per heavy atom. The van der Waals surface area contributed by atoms with Crippen LogP contribution < -0.4 is 10.1 Å². The molecule has 0 saturated heterocycles. The zero-order valence-corrected chi connectivity index (χ0v) is 14.2. The number of nitrogens with zero attached hydrogens (tertiary/aromatic N) is 2. The lowest BCUT2D eigenvalue weighted by Crippen LogP contribution is -2.41. The molecular weight excluding hydrogens is 306 g/mol. The van der Waals surface area contributed by atoms with E-state index in [1.165, 1.54) is 0 Å². The van der Waals surface area contributed by atoms with Crippen molar-refractivity contribution in [3.63, 3.8) is 0 Å². The molecule has 1 heterocycles. The van der Waals surface area contributed by atoms with Gasteiger partial charge in [-0.25, -0.2) is 4.98 Å².